The van der Waals surface area contributed by atoms with Crippen molar-refractivity contribution in [1.82, 2.24) is 20.1 Å². The minimum Gasteiger partial charge on any atom is -0.382 e. The van der Waals surface area contributed by atoms with Gasteiger partial charge in [-0.3, -0.25) is 9.59 Å². The molecule has 8 nitrogen and oxygen atoms in total. The first-order valence-corrected chi connectivity index (χ1v) is 10.6. The number of carbonyl (C=O) groups excluding carboxylic acids is 2. The number of carbonyl (C=O) groups is 2. The number of hydrogen-bond donors (Lipinski definition) is 2. The zero-order valence-electron chi connectivity index (χ0n) is 15.5. The predicted molar refractivity (Wildman–Crippen MR) is 107 cm³/mol. The fourth-order valence-electron chi connectivity index (χ4n) is 2.27. The lowest BCUT2D eigenvalue weighted by molar-refractivity contribution is -0.120. The van der Waals surface area contributed by atoms with Gasteiger partial charge in [0.1, 0.15) is 0 Å². The molecule has 0 saturated heterocycles. The summed E-state index contributed by atoms with van der Waals surface area (Å²) in [4.78, 5) is 24.5. The fourth-order valence-corrected chi connectivity index (χ4v) is 3.89. The molecule has 2 aromatic heterocycles. The highest BCUT2D eigenvalue weighted by atomic mass is 32.2. The first kappa shape index (κ1) is 21.4. The molecule has 10 heteroatoms. The van der Waals surface area contributed by atoms with Crippen molar-refractivity contribution < 1.29 is 14.3 Å². The Bertz CT molecular complexity index is 733. The monoisotopic (exact) mass is 411 g/mol. The van der Waals surface area contributed by atoms with Crippen LogP contribution in [0.15, 0.2) is 22.7 Å². The van der Waals surface area contributed by atoms with Gasteiger partial charge in [-0.15, -0.1) is 21.5 Å². The molecule has 27 heavy (non-hydrogen) atoms. The maximum atomic E-state index is 12.3. The Kier molecular flexibility index (Phi) is 8.76. The molecule has 0 saturated carbocycles. The summed E-state index contributed by atoms with van der Waals surface area (Å²) in [6.45, 7) is 6.01. The van der Waals surface area contributed by atoms with Crippen molar-refractivity contribution in [3.05, 3.63) is 17.5 Å². The lowest BCUT2D eigenvalue weighted by Crippen LogP contribution is -2.32. The average molecular weight is 412 g/mol. The molecule has 2 rings (SSSR count). The van der Waals surface area contributed by atoms with Crippen LogP contribution in [-0.4, -0.2) is 51.6 Å². The van der Waals surface area contributed by atoms with Crippen molar-refractivity contribution in [2.24, 2.45) is 5.73 Å². The number of thioether (sulfide) groups is 1. The largest absolute Gasteiger partial charge is 0.382 e. The van der Waals surface area contributed by atoms with Crippen LogP contribution in [0, 0.1) is 0 Å². The van der Waals surface area contributed by atoms with Gasteiger partial charge in [-0.1, -0.05) is 17.8 Å². The Hall–Kier alpha value is -1.91. The minimum absolute atomic E-state index is 0.0707. The molecule has 0 radical (unpaired) electrons. The molecular weight excluding hydrogens is 386 g/mol. The Morgan fingerprint density at radius 1 is 1.44 bits per heavy atom. The van der Waals surface area contributed by atoms with Crippen LogP contribution in [-0.2, 0) is 20.9 Å². The summed E-state index contributed by atoms with van der Waals surface area (Å²) in [5, 5.41) is 13.6. The van der Waals surface area contributed by atoms with Gasteiger partial charge in [0.25, 0.3) is 0 Å². The molecule has 148 valence electrons. The molecule has 0 fully saturated rings. The van der Waals surface area contributed by atoms with Crippen LogP contribution in [0.3, 0.4) is 0 Å². The van der Waals surface area contributed by atoms with Crippen LogP contribution in [0.5, 0.6) is 0 Å². The number of nitrogens with two attached hydrogens (primary N) is 1. The second-order valence-electron chi connectivity index (χ2n) is 5.75. The number of aromatic nitrogens is 3. The molecule has 1 atom stereocenters. The maximum Gasteiger partial charge on any atom is 0.233 e. The van der Waals surface area contributed by atoms with Crippen LogP contribution in [0.2, 0.25) is 0 Å². The van der Waals surface area contributed by atoms with Gasteiger partial charge in [0.2, 0.25) is 11.8 Å². The number of ether oxygens (including phenoxy) is 1. The summed E-state index contributed by atoms with van der Waals surface area (Å²) in [6.07, 6.45) is 0.955. The van der Waals surface area contributed by atoms with Crippen molar-refractivity contribution in [2.75, 3.05) is 19.8 Å². The first-order chi connectivity index (χ1) is 13.0. The lowest BCUT2D eigenvalue weighted by Gasteiger charge is -2.13. The summed E-state index contributed by atoms with van der Waals surface area (Å²) in [5.41, 5.74) is 5.30. The number of rotatable bonds is 12. The Balaban J connectivity index is 2.01. The van der Waals surface area contributed by atoms with Crippen LogP contribution >= 0.6 is 23.1 Å². The third-order valence-electron chi connectivity index (χ3n) is 3.66. The van der Waals surface area contributed by atoms with E-state index in [4.69, 9.17) is 10.5 Å². The minimum atomic E-state index is -0.392. The maximum absolute atomic E-state index is 12.3. The van der Waals surface area contributed by atoms with E-state index in [-0.39, 0.29) is 17.6 Å². The summed E-state index contributed by atoms with van der Waals surface area (Å²) in [6, 6.07) is 3.87. The van der Waals surface area contributed by atoms with Gasteiger partial charge < -0.3 is 20.4 Å². The second-order valence-corrected chi connectivity index (χ2v) is 8.01. The van der Waals surface area contributed by atoms with Crippen molar-refractivity contribution in [3.8, 4) is 10.7 Å². The molecule has 0 aliphatic heterocycles. The normalized spacial score (nSPS) is 12.1. The molecule has 2 amide bonds. The van der Waals surface area contributed by atoms with Crippen LogP contribution in [0.25, 0.3) is 10.7 Å². The van der Waals surface area contributed by atoms with Gasteiger partial charge in [-0.25, -0.2) is 0 Å². The van der Waals surface area contributed by atoms with E-state index in [0.29, 0.717) is 37.3 Å². The van der Waals surface area contributed by atoms with Crippen LogP contribution in [0.4, 0.5) is 0 Å². The van der Waals surface area contributed by atoms with E-state index in [0.717, 1.165) is 11.3 Å². The Morgan fingerprint density at radius 2 is 2.26 bits per heavy atom. The van der Waals surface area contributed by atoms with E-state index in [1.165, 1.54) is 11.8 Å². The number of amides is 2. The molecular formula is C17H25N5O3S2. The number of nitrogens with one attached hydrogen (secondary N) is 1. The quantitative estimate of drug-likeness (QED) is 0.407. The van der Waals surface area contributed by atoms with Crippen molar-refractivity contribution >= 4 is 34.9 Å². The van der Waals surface area contributed by atoms with E-state index < -0.39 is 5.91 Å². The summed E-state index contributed by atoms with van der Waals surface area (Å²) in [7, 11) is 0. The van der Waals surface area contributed by atoms with Crippen molar-refractivity contribution in [1.29, 1.82) is 0 Å². The summed E-state index contributed by atoms with van der Waals surface area (Å²) < 4.78 is 7.10. The summed E-state index contributed by atoms with van der Waals surface area (Å²) in [5.74, 6) is 0.216. The molecule has 0 spiro atoms. The average Bonchev–Trinajstić information content (AvgIpc) is 3.29. The van der Waals surface area contributed by atoms with Crippen LogP contribution in [0.1, 0.15) is 26.7 Å². The van der Waals surface area contributed by atoms with Gasteiger partial charge in [-0.05, 0) is 31.7 Å². The number of nitrogens with zero attached hydrogens (tertiary/aromatic N) is 3. The van der Waals surface area contributed by atoms with Gasteiger partial charge in [0.15, 0.2) is 11.0 Å². The second kappa shape index (κ2) is 11.1. The van der Waals surface area contributed by atoms with E-state index >= 15 is 0 Å². The molecule has 2 aromatic rings. The molecule has 0 aliphatic carbocycles. The molecule has 0 bridgehead atoms. The SMILES string of the molecule is CCOCCCNC(=O)C(C)Sc1nnc(-c2cccs2)n1CCC(N)=O. The highest BCUT2D eigenvalue weighted by molar-refractivity contribution is 8.00. The third-order valence-corrected chi connectivity index (χ3v) is 5.61. The topological polar surface area (TPSA) is 112 Å². The van der Waals surface area contributed by atoms with Gasteiger partial charge in [-0.2, -0.15) is 0 Å². The third kappa shape index (κ3) is 6.64. The zero-order valence-corrected chi connectivity index (χ0v) is 17.1. The smallest absolute Gasteiger partial charge is 0.233 e. The number of thiophene rings is 1. The van der Waals surface area contributed by atoms with E-state index in [9.17, 15) is 9.59 Å². The molecule has 0 aromatic carbocycles. The van der Waals surface area contributed by atoms with E-state index in [1.54, 1.807) is 11.3 Å². The number of primary amides is 1. The van der Waals surface area contributed by atoms with E-state index in [2.05, 4.69) is 15.5 Å². The molecule has 3 N–H and O–H groups in total. The molecule has 2 heterocycles. The highest BCUT2D eigenvalue weighted by Crippen LogP contribution is 2.29. The highest BCUT2D eigenvalue weighted by Gasteiger charge is 2.21. The van der Waals surface area contributed by atoms with Gasteiger partial charge in [0, 0.05) is 32.7 Å². The number of hydrogen-bond acceptors (Lipinski definition) is 7. The van der Waals surface area contributed by atoms with E-state index in [1.807, 2.05) is 35.9 Å². The van der Waals surface area contributed by atoms with Crippen LogP contribution < -0.4 is 11.1 Å². The molecule has 0 aliphatic rings. The fraction of sp³-hybridized carbons (Fsp3) is 0.529. The molecule has 1 unspecified atom stereocenters. The summed E-state index contributed by atoms with van der Waals surface area (Å²) >= 11 is 2.86. The lowest BCUT2D eigenvalue weighted by atomic mass is 10.4. The predicted octanol–water partition coefficient (Wildman–Crippen LogP) is 1.91. The van der Waals surface area contributed by atoms with Gasteiger partial charge >= 0.3 is 0 Å². The Morgan fingerprint density at radius 3 is 2.93 bits per heavy atom. The standard InChI is InChI=1S/C17H25N5O3S2/c1-3-25-10-5-8-19-16(24)12(2)27-17-21-20-15(13-6-4-11-26-13)22(17)9-7-14(18)23/h4,6,11-12H,3,5,7-10H2,1-2H3,(H2,18,23)(H,19,24). The zero-order chi connectivity index (χ0) is 19.6. The van der Waals surface area contributed by atoms with Gasteiger partial charge in [0.05, 0.1) is 10.1 Å². The van der Waals surface area contributed by atoms with Crippen molar-refractivity contribution in [2.45, 2.75) is 43.6 Å². The Labute approximate surface area is 166 Å². The first-order valence-electron chi connectivity index (χ1n) is 8.80. The van der Waals surface area contributed by atoms with Crippen molar-refractivity contribution in [3.63, 3.8) is 0 Å².